The van der Waals surface area contributed by atoms with Crippen LogP contribution in [-0.4, -0.2) is 55.6 Å². The van der Waals surface area contributed by atoms with Crippen LogP contribution in [0.15, 0.2) is 24.7 Å². The van der Waals surface area contributed by atoms with E-state index in [1.54, 1.807) is 6.20 Å². The van der Waals surface area contributed by atoms with Crippen molar-refractivity contribution in [3.05, 3.63) is 41.7 Å². The average molecular weight is 368 g/mol. The van der Waals surface area contributed by atoms with Crippen LogP contribution in [0, 0.1) is 0 Å². The van der Waals surface area contributed by atoms with E-state index in [2.05, 4.69) is 22.0 Å². The first-order valence-corrected chi connectivity index (χ1v) is 9.93. The van der Waals surface area contributed by atoms with Gasteiger partial charge in [0.15, 0.2) is 5.82 Å². The van der Waals surface area contributed by atoms with Gasteiger partial charge in [0, 0.05) is 62.3 Å². The summed E-state index contributed by atoms with van der Waals surface area (Å²) in [6.07, 6.45) is 10.2. The van der Waals surface area contributed by atoms with Crippen LogP contribution in [0.4, 0.5) is 0 Å². The van der Waals surface area contributed by atoms with Crippen LogP contribution in [0.25, 0.3) is 0 Å². The van der Waals surface area contributed by atoms with E-state index in [0.717, 1.165) is 56.8 Å². The number of hydrogen-bond acceptors (Lipinski definition) is 5. The Balaban J connectivity index is 1.51. The lowest BCUT2D eigenvalue weighted by Crippen LogP contribution is -2.40. The molecule has 0 bridgehead atoms. The summed E-state index contributed by atoms with van der Waals surface area (Å²) < 4.78 is 1.85. The van der Waals surface area contributed by atoms with Crippen LogP contribution in [-0.2, 0) is 17.8 Å². The molecular weight excluding hydrogens is 340 g/mol. The lowest BCUT2D eigenvalue weighted by atomic mass is 9.99. The summed E-state index contributed by atoms with van der Waals surface area (Å²) in [5.41, 5.74) is 2.37. The van der Waals surface area contributed by atoms with Gasteiger partial charge in [-0.05, 0) is 39.3 Å². The number of fused-ring (bicyclic) bond motifs is 1. The van der Waals surface area contributed by atoms with Crippen molar-refractivity contribution in [3.8, 4) is 0 Å². The Labute approximate surface area is 160 Å². The van der Waals surface area contributed by atoms with Crippen LogP contribution < -0.4 is 0 Å². The lowest BCUT2D eigenvalue weighted by molar-refractivity contribution is -0.136. The van der Waals surface area contributed by atoms with Gasteiger partial charge in [-0.2, -0.15) is 5.10 Å². The van der Waals surface area contributed by atoms with Crippen molar-refractivity contribution in [2.24, 2.45) is 0 Å². The smallest absolute Gasteiger partial charge is 0.225 e. The van der Waals surface area contributed by atoms with Crippen LogP contribution in [0.5, 0.6) is 0 Å². The van der Waals surface area contributed by atoms with Gasteiger partial charge in [-0.15, -0.1) is 0 Å². The number of amides is 1. The summed E-state index contributed by atoms with van der Waals surface area (Å²) in [7, 11) is 2.12. The molecule has 0 aromatic carbocycles. The second-order valence-electron chi connectivity index (χ2n) is 7.83. The maximum Gasteiger partial charge on any atom is 0.225 e. The van der Waals surface area contributed by atoms with Crippen LogP contribution in [0.3, 0.4) is 0 Å². The maximum absolute atomic E-state index is 13.0. The molecule has 2 atom stereocenters. The Hall–Kier alpha value is -2.28. The molecule has 7 nitrogen and oxygen atoms in total. The third-order valence-corrected chi connectivity index (χ3v) is 5.71. The number of piperidine rings is 1. The van der Waals surface area contributed by atoms with Gasteiger partial charge in [-0.25, -0.2) is 9.97 Å². The molecule has 2 aromatic heterocycles. The van der Waals surface area contributed by atoms with Gasteiger partial charge < -0.3 is 9.80 Å². The molecule has 1 fully saturated rings. The molecule has 2 aliphatic rings. The normalized spacial score (nSPS) is 21.7. The Morgan fingerprint density at radius 3 is 3.04 bits per heavy atom. The van der Waals surface area contributed by atoms with Crippen LogP contribution >= 0.6 is 0 Å². The molecule has 1 amide bonds. The Kier molecular flexibility index (Phi) is 5.20. The van der Waals surface area contributed by atoms with Gasteiger partial charge in [0.05, 0.1) is 12.1 Å². The van der Waals surface area contributed by atoms with E-state index in [0.29, 0.717) is 6.42 Å². The number of nitrogens with zero attached hydrogens (tertiary/aromatic N) is 6. The van der Waals surface area contributed by atoms with Crippen molar-refractivity contribution in [1.29, 1.82) is 0 Å². The topological polar surface area (TPSA) is 67.2 Å². The minimum atomic E-state index is 0.000951. The highest BCUT2D eigenvalue weighted by atomic mass is 16.2. The summed E-state index contributed by atoms with van der Waals surface area (Å²) in [5.74, 6) is 0.988. The Morgan fingerprint density at radius 1 is 1.33 bits per heavy atom. The molecule has 2 aromatic rings. The van der Waals surface area contributed by atoms with E-state index >= 15 is 0 Å². The number of rotatable bonds is 4. The number of carbonyl (C=O) groups excluding carboxylic acids is 1. The second-order valence-corrected chi connectivity index (χ2v) is 7.83. The van der Waals surface area contributed by atoms with E-state index in [1.807, 2.05) is 35.0 Å². The SMILES string of the molecule is CC(CC(=O)N1CCCCC1c1ncc2c(n1)CCN(C)C2)n1cccn1. The second kappa shape index (κ2) is 7.76. The van der Waals surface area contributed by atoms with Gasteiger partial charge in [-0.3, -0.25) is 9.48 Å². The van der Waals surface area contributed by atoms with Crippen LogP contribution in [0.1, 0.15) is 61.8 Å². The van der Waals surface area contributed by atoms with E-state index in [9.17, 15) is 4.79 Å². The van der Waals surface area contributed by atoms with Gasteiger partial charge in [0.25, 0.3) is 0 Å². The first-order chi connectivity index (χ1) is 13.1. The molecule has 0 aliphatic carbocycles. The molecule has 144 valence electrons. The number of aromatic nitrogens is 4. The molecule has 0 spiro atoms. The Morgan fingerprint density at radius 2 is 2.22 bits per heavy atom. The molecule has 0 radical (unpaired) electrons. The third-order valence-electron chi connectivity index (χ3n) is 5.71. The first kappa shape index (κ1) is 18.1. The summed E-state index contributed by atoms with van der Waals surface area (Å²) in [6, 6.07) is 1.94. The Bertz CT molecular complexity index is 790. The molecule has 27 heavy (non-hydrogen) atoms. The van der Waals surface area contributed by atoms with Crippen LogP contribution in [0.2, 0.25) is 0 Å². The first-order valence-electron chi connectivity index (χ1n) is 9.93. The molecular formula is C20H28N6O. The standard InChI is InChI=1S/C20H28N6O/c1-15(26-10-5-8-22-26)12-19(27)25-9-4-3-6-18(25)20-21-13-16-14-24(2)11-7-17(16)23-20/h5,8,10,13,15,18H,3-4,6-7,9,11-12,14H2,1-2H3. The highest BCUT2D eigenvalue weighted by Gasteiger charge is 2.31. The summed E-state index contributed by atoms with van der Waals surface area (Å²) in [4.78, 5) is 26.9. The summed E-state index contributed by atoms with van der Waals surface area (Å²) in [6.45, 7) is 4.76. The molecule has 2 unspecified atom stereocenters. The number of likely N-dealkylation sites (N-methyl/N-ethyl adjacent to an activating group) is 1. The zero-order chi connectivity index (χ0) is 18.8. The zero-order valence-corrected chi connectivity index (χ0v) is 16.2. The summed E-state index contributed by atoms with van der Waals surface area (Å²) in [5, 5.41) is 4.26. The van der Waals surface area contributed by atoms with Crippen molar-refractivity contribution in [3.63, 3.8) is 0 Å². The predicted octanol–water partition coefficient (Wildman–Crippen LogP) is 2.37. The van der Waals surface area contributed by atoms with E-state index in [-0.39, 0.29) is 18.0 Å². The van der Waals surface area contributed by atoms with E-state index in [1.165, 1.54) is 5.56 Å². The van der Waals surface area contributed by atoms with Gasteiger partial charge in [0.2, 0.25) is 5.91 Å². The van der Waals surface area contributed by atoms with Crippen molar-refractivity contribution in [1.82, 2.24) is 29.5 Å². The molecule has 2 aliphatic heterocycles. The molecule has 7 heteroatoms. The fourth-order valence-corrected chi connectivity index (χ4v) is 4.14. The van der Waals surface area contributed by atoms with Gasteiger partial charge in [-0.1, -0.05) is 0 Å². The number of hydrogen-bond donors (Lipinski definition) is 0. The summed E-state index contributed by atoms with van der Waals surface area (Å²) >= 11 is 0. The molecule has 4 rings (SSSR count). The third kappa shape index (κ3) is 3.88. The quantitative estimate of drug-likeness (QED) is 0.829. The maximum atomic E-state index is 13.0. The minimum absolute atomic E-state index is 0.000951. The monoisotopic (exact) mass is 368 g/mol. The largest absolute Gasteiger partial charge is 0.332 e. The van der Waals surface area contributed by atoms with Crippen molar-refractivity contribution in [2.45, 2.75) is 57.7 Å². The van der Waals surface area contributed by atoms with Crippen molar-refractivity contribution >= 4 is 5.91 Å². The average Bonchev–Trinajstić information content (AvgIpc) is 3.22. The van der Waals surface area contributed by atoms with Gasteiger partial charge in [0.1, 0.15) is 0 Å². The van der Waals surface area contributed by atoms with E-state index < -0.39 is 0 Å². The zero-order valence-electron chi connectivity index (χ0n) is 16.2. The molecule has 0 N–H and O–H groups in total. The fourth-order valence-electron chi connectivity index (χ4n) is 4.14. The molecule has 4 heterocycles. The fraction of sp³-hybridized carbons (Fsp3) is 0.600. The van der Waals surface area contributed by atoms with Crippen molar-refractivity contribution in [2.75, 3.05) is 20.1 Å². The number of carbonyl (C=O) groups is 1. The molecule has 1 saturated heterocycles. The highest BCUT2D eigenvalue weighted by molar-refractivity contribution is 5.77. The minimum Gasteiger partial charge on any atom is -0.332 e. The predicted molar refractivity (Wildman–Crippen MR) is 102 cm³/mol. The highest BCUT2D eigenvalue weighted by Crippen LogP contribution is 2.31. The van der Waals surface area contributed by atoms with Crippen molar-refractivity contribution < 1.29 is 4.79 Å². The van der Waals surface area contributed by atoms with Gasteiger partial charge >= 0.3 is 0 Å². The van der Waals surface area contributed by atoms with E-state index in [4.69, 9.17) is 4.98 Å². The number of likely N-dealkylation sites (tertiary alicyclic amines) is 1. The molecule has 0 saturated carbocycles. The lowest BCUT2D eigenvalue weighted by Gasteiger charge is -2.36.